The van der Waals surface area contributed by atoms with Gasteiger partial charge in [-0.15, -0.1) is 0 Å². The van der Waals surface area contributed by atoms with Gasteiger partial charge in [0.2, 0.25) is 5.91 Å². The number of carbonyl (C=O) groups excluding carboxylic acids is 1. The van der Waals surface area contributed by atoms with Gasteiger partial charge in [0.25, 0.3) is 0 Å². The molecule has 0 atom stereocenters. The largest absolute Gasteiger partial charge is 0.497 e. The number of amides is 1. The van der Waals surface area contributed by atoms with Crippen molar-refractivity contribution in [2.24, 2.45) is 0 Å². The topological polar surface area (TPSA) is 54.0 Å². The zero-order valence-corrected chi connectivity index (χ0v) is 17.6. The molecule has 29 heavy (non-hydrogen) atoms. The van der Waals surface area contributed by atoms with Crippen molar-refractivity contribution in [3.63, 3.8) is 0 Å². The Morgan fingerprint density at radius 3 is 2.17 bits per heavy atom. The lowest BCUT2D eigenvalue weighted by Crippen LogP contribution is -2.49. The zero-order valence-electron chi connectivity index (χ0n) is 17.6. The average molecular weight is 398 g/mol. The van der Waals surface area contributed by atoms with Gasteiger partial charge >= 0.3 is 0 Å². The van der Waals surface area contributed by atoms with Crippen molar-refractivity contribution < 1.29 is 14.3 Å². The number of nitrogens with zero attached hydrogens (tertiary/aromatic N) is 2. The summed E-state index contributed by atoms with van der Waals surface area (Å²) in [7, 11) is 1.67. The molecule has 0 radical (unpaired) electrons. The highest BCUT2D eigenvalue weighted by molar-refractivity contribution is 5.77. The summed E-state index contributed by atoms with van der Waals surface area (Å²) in [5.41, 5.74) is 2.17. The highest BCUT2D eigenvalue weighted by Crippen LogP contribution is 2.21. The van der Waals surface area contributed by atoms with E-state index in [-0.39, 0.29) is 12.0 Å². The Bertz CT molecular complexity index is 767. The molecule has 156 valence electrons. The predicted molar refractivity (Wildman–Crippen MR) is 117 cm³/mol. The fourth-order valence-corrected chi connectivity index (χ4v) is 3.40. The van der Waals surface area contributed by atoms with Gasteiger partial charge in [-0.05, 0) is 62.4 Å². The van der Waals surface area contributed by atoms with Gasteiger partial charge in [-0.25, -0.2) is 0 Å². The van der Waals surface area contributed by atoms with E-state index >= 15 is 0 Å². The molecule has 1 heterocycles. The van der Waals surface area contributed by atoms with E-state index in [0.29, 0.717) is 13.0 Å². The molecule has 6 nitrogen and oxygen atoms in total. The van der Waals surface area contributed by atoms with Crippen LogP contribution in [-0.2, 0) is 4.79 Å². The number of carbonyl (C=O) groups is 1. The highest BCUT2D eigenvalue weighted by atomic mass is 16.5. The Balaban J connectivity index is 1.39. The van der Waals surface area contributed by atoms with Crippen molar-refractivity contribution in [2.75, 3.05) is 50.1 Å². The van der Waals surface area contributed by atoms with E-state index in [9.17, 15) is 4.79 Å². The van der Waals surface area contributed by atoms with E-state index in [4.69, 9.17) is 9.47 Å². The molecule has 0 spiro atoms. The van der Waals surface area contributed by atoms with Gasteiger partial charge in [0.05, 0.1) is 13.2 Å². The van der Waals surface area contributed by atoms with Crippen LogP contribution in [0.4, 0.5) is 11.4 Å². The average Bonchev–Trinajstić information content (AvgIpc) is 2.75. The first kappa shape index (κ1) is 20.8. The Kier molecular flexibility index (Phi) is 7.22. The van der Waals surface area contributed by atoms with E-state index in [2.05, 4.69) is 22.3 Å². The van der Waals surface area contributed by atoms with Gasteiger partial charge in [0.1, 0.15) is 11.5 Å². The van der Waals surface area contributed by atoms with Crippen LogP contribution in [0.3, 0.4) is 0 Å². The van der Waals surface area contributed by atoms with Crippen LogP contribution in [0.15, 0.2) is 48.5 Å². The molecule has 0 saturated carbocycles. The van der Waals surface area contributed by atoms with Gasteiger partial charge in [-0.1, -0.05) is 0 Å². The summed E-state index contributed by atoms with van der Waals surface area (Å²) in [6, 6.07) is 15.9. The summed E-state index contributed by atoms with van der Waals surface area (Å²) >= 11 is 0. The summed E-state index contributed by atoms with van der Waals surface area (Å²) in [4.78, 5) is 16.8. The van der Waals surface area contributed by atoms with Crippen molar-refractivity contribution in [1.82, 2.24) is 4.90 Å². The van der Waals surface area contributed by atoms with Crippen LogP contribution in [0.2, 0.25) is 0 Å². The van der Waals surface area contributed by atoms with E-state index in [1.165, 1.54) is 5.69 Å². The molecule has 1 amide bonds. The number of hydrogen-bond acceptors (Lipinski definition) is 5. The maximum atomic E-state index is 12.5. The molecule has 0 bridgehead atoms. The van der Waals surface area contributed by atoms with Gasteiger partial charge in [0, 0.05) is 50.5 Å². The number of methoxy groups -OCH3 is 1. The molecule has 0 aliphatic carbocycles. The molecular formula is C23H31N3O3. The summed E-state index contributed by atoms with van der Waals surface area (Å²) in [6.07, 6.45) is 0.656. The van der Waals surface area contributed by atoms with E-state index < -0.39 is 0 Å². The van der Waals surface area contributed by atoms with Gasteiger partial charge in [-0.2, -0.15) is 0 Å². The minimum atomic E-state index is 0.164. The SMILES string of the molecule is COc1ccc(N2CCN(C(=O)CCNc3ccc(OC(C)C)cc3)CC2)cc1. The maximum absolute atomic E-state index is 12.5. The second kappa shape index (κ2) is 10.0. The van der Waals surface area contributed by atoms with Crippen molar-refractivity contribution in [1.29, 1.82) is 0 Å². The fraction of sp³-hybridized carbons (Fsp3) is 0.435. The first-order chi connectivity index (χ1) is 14.0. The third kappa shape index (κ3) is 6.04. The van der Waals surface area contributed by atoms with Crippen LogP contribution in [-0.4, -0.2) is 56.7 Å². The molecule has 3 rings (SSSR count). The lowest BCUT2D eigenvalue weighted by atomic mass is 10.2. The number of benzene rings is 2. The van der Waals surface area contributed by atoms with Crippen LogP contribution < -0.4 is 19.7 Å². The van der Waals surface area contributed by atoms with E-state index in [0.717, 1.165) is 43.4 Å². The first-order valence-electron chi connectivity index (χ1n) is 10.2. The number of anilines is 2. The van der Waals surface area contributed by atoms with Crippen molar-refractivity contribution in [3.05, 3.63) is 48.5 Å². The van der Waals surface area contributed by atoms with Crippen LogP contribution in [0, 0.1) is 0 Å². The van der Waals surface area contributed by atoms with E-state index in [1.54, 1.807) is 7.11 Å². The van der Waals surface area contributed by atoms with Crippen LogP contribution in [0.5, 0.6) is 11.5 Å². The van der Waals surface area contributed by atoms with Gasteiger partial charge in [-0.3, -0.25) is 4.79 Å². The Hall–Kier alpha value is -2.89. The molecule has 1 aliphatic heterocycles. The van der Waals surface area contributed by atoms with Crippen molar-refractivity contribution in [3.8, 4) is 11.5 Å². The molecule has 6 heteroatoms. The number of ether oxygens (including phenoxy) is 2. The zero-order chi connectivity index (χ0) is 20.6. The molecule has 1 saturated heterocycles. The number of hydrogen-bond donors (Lipinski definition) is 1. The fourth-order valence-electron chi connectivity index (χ4n) is 3.40. The second-order valence-corrected chi connectivity index (χ2v) is 7.43. The molecular weight excluding hydrogens is 366 g/mol. The summed E-state index contributed by atoms with van der Waals surface area (Å²) in [6.45, 7) is 7.86. The lowest BCUT2D eigenvalue weighted by Gasteiger charge is -2.36. The molecule has 1 N–H and O–H groups in total. The maximum Gasteiger partial charge on any atom is 0.224 e. The standard InChI is InChI=1S/C23H31N3O3/c1-18(2)29-22-8-4-19(5-9-22)24-13-12-23(27)26-16-14-25(15-17-26)20-6-10-21(28-3)11-7-20/h4-11,18,24H,12-17H2,1-3H3. The van der Waals surface area contributed by atoms with Gasteiger partial charge < -0.3 is 24.6 Å². The number of nitrogens with one attached hydrogen (secondary N) is 1. The van der Waals surface area contributed by atoms with Gasteiger partial charge in [0.15, 0.2) is 0 Å². The Labute approximate surface area is 173 Å². The molecule has 2 aromatic carbocycles. The predicted octanol–water partition coefficient (Wildman–Crippen LogP) is 3.63. The Morgan fingerprint density at radius 2 is 1.59 bits per heavy atom. The molecule has 0 unspecified atom stereocenters. The first-order valence-corrected chi connectivity index (χ1v) is 10.2. The van der Waals surface area contributed by atoms with Crippen molar-refractivity contribution in [2.45, 2.75) is 26.4 Å². The minimum Gasteiger partial charge on any atom is -0.497 e. The van der Waals surface area contributed by atoms with Crippen molar-refractivity contribution >= 4 is 17.3 Å². The monoisotopic (exact) mass is 397 g/mol. The Morgan fingerprint density at radius 1 is 0.966 bits per heavy atom. The molecule has 1 fully saturated rings. The molecule has 1 aliphatic rings. The third-order valence-corrected chi connectivity index (χ3v) is 4.96. The highest BCUT2D eigenvalue weighted by Gasteiger charge is 2.20. The molecule has 0 aromatic heterocycles. The smallest absolute Gasteiger partial charge is 0.224 e. The van der Waals surface area contributed by atoms with Crippen LogP contribution in [0.1, 0.15) is 20.3 Å². The lowest BCUT2D eigenvalue weighted by molar-refractivity contribution is -0.131. The number of rotatable bonds is 8. The quantitative estimate of drug-likeness (QED) is 0.737. The second-order valence-electron chi connectivity index (χ2n) is 7.43. The number of piperazine rings is 1. The summed E-state index contributed by atoms with van der Waals surface area (Å²) in [5.74, 6) is 1.92. The molecule has 2 aromatic rings. The minimum absolute atomic E-state index is 0.164. The summed E-state index contributed by atoms with van der Waals surface area (Å²) in [5, 5.41) is 3.32. The van der Waals surface area contributed by atoms with E-state index in [1.807, 2.05) is 55.1 Å². The summed E-state index contributed by atoms with van der Waals surface area (Å²) < 4.78 is 10.9. The van der Waals surface area contributed by atoms with Crippen LogP contribution in [0.25, 0.3) is 0 Å². The normalized spacial score (nSPS) is 14.1. The van der Waals surface area contributed by atoms with Crippen LogP contribution >= 0.6 is 0 Å². The third-order valence-electron chi connectivity index (χ3n) is 4.96.